The van der Waals surface area contributed by atoms with Crippen LogP contribution in [0.3, 0.4) is 0 Å². The Morgan fingerprint density at radius 1 is 1.14 bits per heavy atom. The third kappa shape index (κ3) is 3.13. The third-order valence-electron chi connectivity index (χ3n) is 3.08. The zero-order chi connectivity index (χ0) is 15.8. The van der Waals surface area contributed by atoms with Crippen molar-refractivity contribution in [3.8, 4) is 0 Å². The molecule has 1 aromatic carbocycles. The summed E-state index contributed by atoms with van der Waals surface area (Å²) in [5.74, 6) is -0.780. The van der Waals surface area contributed by atoms with Crippen LogP contribution >= 0.6 is 0 Å². The molecule has 0 saturated heterocycles. The molecule has 0 amide bonds. The molecule has 2 rings (SSSR count). The van der Waals surface area contributed by atoms with E-state index in [2.05, 4.69) is 4.98 Å². The van der Waals surface area contributed by atoms with E-state index in [-0.39, 0.29) is 16.9 Å². The van der Waals surface area contributed by atoms with Crippen LogP contribution in [0.1, 0.15) is 28.3 Å². The molecule has 2 aromatic rings. The molecular formula is C14H13F4N3. The average molecular weight is 299 g/mol. The molecule has 1 atom stereocenters. The Hall–Kier alpha value is -2.15. The van der Waals surface area contributed by atoms with Gasteiger partial charge < -0.3 is 11.5 Å². The van der Waals surface area contributed by atoms with Crippen molar-refractivity contribution in [1.82, 2.24) is 4.98 Å². The molecule has 0 aliphatic carbocycles. The minimum atomic E-state index is -4.63. The number of nitrogens with two attached hydrogens (primary N) is 2. The van der Waals surface area contributed by atoms with E-state index in [1.807, 2.05) is 0 Å². The van der Waals surface area contributed by atoms with Gasteiger partial charge in [0.2, 0.25) is 0 Å². The highest BCUT2D eigenvalue weighted by molar-refractivity contribution is 5.49. The number of nitrogens with zero attached hydrogens (tertiary/aromatic N) is 1. The van der Waals surface area contributed by atoms with Gasteiger partial charge in [-0.25, -0.2) is 9.37 Å². The van der Waals surface area contributed by atoms with Crippen LogP contribution in [-0.2, 0) is 6.18 Å². The van der Waals surface area contributed by atoms with Gasteiger partial charge in [-0.3, -0.25) is 0 Å². The highest BCUT2D eigenvalue weighted by Gasteiger charge is 2.35. The SMILES string of the molecule is Cc1cnc(N)c(C(N)c2cc(F)ccc2C(F)(F)F)c1. The number of pyridine rings is 1. The first-order chi connectivity index (χ1) is 9.70. The molecule has 1 heterocycles. The van der Waals surface area contributed by atoms with E-state index in [0.717, 1.165) is 12.1 Å². The molecule has 0 spiro atoms. The van der Waals surface area contributed by atoms with Crippen molar-refractivity contribution in [3.05, 3.63) is 58.5 Å². The molecular weight excluding hydrogens is 286 g/mol. The predicted molar refractivity (Wildman–Crippen MR) is 70.8 cm³/mol. The Balaban J connectivity index is 2.60. The zero-order valence-electron chi connectivity index (χ0n) is 11.1. The van der Waals surface area contributed by atoms with Gasteiger partial charge in [-0.15, -0.1) is 0 Å². The topological polar surface area (TPSA) is 64.9 Å². The van der Waals surface area contributed by atoms with E-state index >= 15 is 0 Å². The fourth-order valence-corrected chi connectivity index (χ4v) is 2.07. The van der Waals surface area contributed by atoms with Crippen molar-refractivity contribution < 1.29 is 17.6 Å². The largest absolute Gasteiger partial charge is 0.416 e. The van der Waals surface area contributed by atoms with Gasteiger partial charge in [0.25, 0.3) is 0 Å². The van der Waals surface area contributed by atoms with Crippen LogP contribution in [0.25, 0.3) is 0 Å². The second-order valence-corrected chi connectivity index (χ2v) is 4.69. The normalized spacial score (nSPS) is 13.2. The van der Waals surface area contributed by atoms with Gasteiger partial charge in [-0.05, 0) is 42.3 Å². The standard InChI is InChI=1S/C14H13F4N3/c1-7-4-10(13(20)21-6-7)12(19)9-5-8(15)2-3-11(9)14(16,17)18/h2-6,12H,19H2,1H3,(H2,20,21). The van der Waals surface area contributed by atoms with Crippen LogP contribution in [0.15, 0.2) is 30.5 Å². The maximum atomic E-state index is 13.3. The van der Waals surface area contributed by atoms with Gasteiger partial charge in [-0.1, -0.05) is 0 Å². The molecule has 0 bridgehead atoms. The van der Waals surface area contributed by atoms with Gasteiger partial charge in [0.05, 0.1) is 11.6 Å². The Labute approximate surface area is 118 Å². The van der Waals surface area contributed by atoms with Crippen molar-refractivity contribution in [3.63, 3.8) is 0 Å². The molecule has 1 aromatic heterocycles. The number of alkyl halides is 3. The summed E-state index contributed by atoms with van der Waals surface area (Å²) in [6.07, 6.45) is -3.16. The average Bonchev–Trinajstić information content (AvgIpc) is 2.39. The second-order valence-electron chi connectivity index (χ2n) is 4.69. The lowest BCUT2D eigenvalue weighted by Crippen LogP contribution is -2.20. The summed E-state index contributed by atoms with van der Waals surface area (Å²) in [5, 5.41) is 0. The summed E-state index contributed by atoms with van der Waals surface area (Å²) in [6.45, 7) is 1.71. The van der Waals surface area contributed by atoms with E-state index in [1.54, 1.807) is 6.92 Å². The minimum Gasteiger partial charge on any atom is -0.383 e. The van der Waals surface area contributed by atoms with Gasteiger partial charge in [0.15, 0.2) is 0 Å². The first kappa shape index (κ1) is 15.2. The number of rotatable bonds is 2. The predicted octanol–water partition coefficient (Wildman–Crippen LogP) is 3.18. The highest BCUT2D eigenvalue weighted by Crippen LogP contribution is 2.37. The van der Waals surface area contributed by atoms with E-state index in [0.29, 0.717) is 11.6 Å². The second kappa shape index (κ2) is 5.33. The summed E-state index contributed by atoms with van der Waals surface area (Å²) in [4.78, 5) is 3.86. The lowest BCUT2D eigenvalue weighted by Gasteiger charge is -2.20. The van der Waals surface area contributed by atoms with Gasteiger partial charge in [-0.2, -0.15) is 13.2 Å². The lowest BCUT2D eigenvalue weighted by molar-refractivity contribution is -0.138. The summed E-state index contributed by atoms with van der Waals surface area (Å²) in [5.41, 5.74) is 11.1. The molecule has 3 nitrogen and oxygen atoms in total. The van der Waals surface area contributed by atoms with Crippen LogP contribution in [0.4, 0.5) is 23.4 Å². The summed E-state index contributed by atoms with van der Waals surface area (Å²) >= 11 is 0. The van der Waals surface area contributed by atoms with Gasteiger partial charge >= 0.3 is 6.18 Å². The monoisotopic (exact) mass is 299 g/mol. The number of benzene rings is 1. The number of hydrogen-bond donors (Lipinski definition) is 2. The molecule has 0 saturated carbocycles. The fourth-order valence-electron chi connectivity index (χ4n) is 2.07. The van der Waals surface area contributed by atoms with Crippen molar-refractivity contribution in [2.24, 2.45) is 5.73 Å². The highest BCUT2D eigenvalue weighted by atomic mass is 19.4. The quantitative estimate of drug-likeness (QED) is 0.837. The van der Waals surface area contributed by atoms with E-state index in [4.69, 9.17) is 11.5 Å². The maximum absolute atomic E-state index is 13.3. The van der Waals surface area contributed by atoms with Crippen molar-refractivity contribution >= 4 is 5.82 Å². The maximum Gasteiger partial charge on any atom is 0.416 e. The molecule has 112 valence electrons. The smallest absolute Gasteiger partial charge is 0.383 e. The summed E-state index contributed by atoms with van der Waals surface area (Å²) in [6, 6.07) is 2.51. The van der Waals surface area contributed by atoms with Crippen LogP contribution in [-0.4, -0.2) is 4.98 Å². The zero-order valence-corrected chi connectivity index (χ0v) is 11.1. The van der Waals surface area contributed by atoms with Crippen LogP contribution < -0.4 is 11.5 Å². The van der Waals surface area contributed by atoms with Crippen molar-refractivity contribution in [1.29, 1.82) is 0 Å². The Morgan fingerprint density at radius 3 is 2.43 bits per heavy atom. The van der Waals surface area contributed by atoms with Gasteiger partial charge in [0, 0.05) is 11.8 Å². The van der Waals surface area contributed by atoms with Crippen molar-refractivity contribution in [2.45, 2.75) is 19.1 Å². The van der Waals surface area contributed by atoms with Gasteiger partial charge in [0.1, 0.15) is 11.6 Å². The Kier molecular flexibility index (Phi) is 3.87. The fraction of sp³-hybridized carbons (Fsp3) is 0.214. The van der Waals surface area contributed by atoms with Crippen LogP contribution in [0, 0.1) is 12.7 Å². The third-order valence-corrected chi connectivity index (χ3v) is 3.08. The van der Waals surface area contributed by atoms with E-state index < -0.39 is 23.6 Å². The van der Waals surface area contributed by atoms with E-state index in [1.165, 1.54) is 12.3 Å². The first-order valence-corrected chi connectivity index (χ1v) is 6.04. The van der Waals surface area contributed by atoms with E-state index in [9.17, 15) is 17.6 Å². The molecule has 4 N–H and O–H groups in total. The molecule has 0 aliphatic rings. The minimum absolute atomic E-state index is 0.0190. The lowest BCUT2D eigenvalue weighted by atomic mass is 9.94. The number of aromatic nitrogens is 1. The number of nitrogen functional groups attached to an aromatic ring is 1. The number of hydrogen-bond acceptors (Lipinski definition) is 3. The first-order valence-electron chi connectivity index (χ1n) is 6.04. The molecule has 7 heteroatoms. The molecule has 1 unspecified atom stereocenters. The molecule has 0 radical (unpaired) electrons. The van der Waals surface area contributed by atoms with Crippen LogP contribution in [0.2, 0.25) is 0 Å². The molecule has 0 fully saturated rings. The Bertz CT molecular complexity index is 668. The molecule has 21 heavy (non-hydrogen) atoms. The summed E-state index contributed by atoms with van der Waals surface area (Å²) in [7, 11) is 0. The molecule has 0 aliphatic heterocycles. The number of anilines is 1. The number of halogens is 4. The van der Waals surface area contributed by atoms with Crippen molar-refractivity contribution in [2.75, 3.05) is 5.73 Å². The Morgan fingerprint density at radius 2 is 1.81 bits per heavy atom. The van der Waals surface area contributed by atoms with Crippen LogP contribution in [0.5, 0.6) is 0 Å². The number of aryl methyl sites for hydroxylation is 1. The summed E-state index contributed by atoms with van der Waals surface area (Å²) < 4.78 is 52.4.